The summed E-state index contributed by atoms with van der Waals surface area (Å²) in [6.07, 6.45) is 0. The Morgan fingerprint density at radius 2 is 1.90 bits per heavy atom. The summed E-state index contributed by atoms with van der Waals surface area (Å²) in [7, 11) is 0. The molecule has 2 aromatic rings. The molecule has 0 saturated heterocycles. The highest BCUT2D eigenvalue weighted by Crippen LogP contribution is 2.32. The Balaban J connectivity index is 2.45. The van der Waals surface area contributed by atoms with Crippen LogP contribution < -0.4 is 16.0 Å². The van der Waals surface area contributed by atoms with E-state index < -0.39 is 4.92 Å². The predicted octanol–water partition coefficient (Wildman–Crippen LogP) is 2.08. The molecule has 0 amide bonds. The van der Waals surface area contributed by atoms with E-state index in [1.165, 1.54) is 6.92 Å². The fourth-order valence-corrected chi connectivity index (χ4v) is 1.60. The van der Waals surface area contributed by atoms with E-state index in [9.17, 15) is 10.1 Å². The van der Waals surface area contributed by atoms with Crippen molar-refractivity contribution in [1.82, 2.24) is 9.97 Å². The summed E-state index contributed by atoms with van der Waals surface area (Å²) in [6, 6.07) is 7.06. The Morgan fingerprint density at radius 1 is 1.25 bits per heavy atom. The van der Waals surface area contributed by atoms with E-state index in [4.69, 9.17) is 10.6 Å². The van der Waals surface area contributed by atoms with Gasteiger partial charge in [0.05, 0.1) is 4.92 Å². The minimum atomic E-state index is -0.584. The predicted molar refractivity (Wildman–Crippen MR) is 72.5 cm³/mol. The molecule has 0 aliphatic heterocycles. The number of hydrogen-bond donors (Lipinski definition) is 2. The lowest BCUT2D eigenvalue weighted by Crippen LogP contribution is -2.12. The number of nitrogens with one attached hydrogen (secondary N) is 1. The number of aromatic nitrogens is 2. The molecule has 0 aliphatic rings. The highest BCUT2D eigenvalue weighted by molar-refractivity contribution is 5.50. The SMILES string of the molecule is Cc1ccc(Oc2nc(NN)nc(C)c2[N+](=O)[O-])cc1. The van der Waals surface area contributed by atoms with Gasteiger partial charge in [-0.15, -0.1) is 0 Å². The molecule has 1 heterocycles. The zero-order valence-electron chi connectivity index (χ0n) is 11.0. The Kier molecular flexibility index (Phi) is 3.76. The third kappa shape index (κ3) is 2.81. The van der Waals surface area contributed by atoms with Crippen molar-refractivity contribution in [2.24, 2.45) is 5.84 Å². The van der Waals surface area contributed by atoms with Crippen LogP contribution >= 0.6 is 0 Å². The summed E-state index contributed by atoms with van der Waals surface area (Å²) in [5.41, 5.74) is 3.17. The van der Waals surface area contributed by atoms with Gasteiger partial charge in [0.15, 0.2) is 0 Å². The quantitative estimate of drug-likeness (QED) is 0.498. The number of ether oxygens (including phenoxy) is 1. The third-order valence-electron chi connectivity index (χ3n) is 2.57. The van der Waals surface area contributed by atoms with Crippen molar-refractivity contribution in [3.05, 3.63) is 45.6 Å². The number of nitrogen functional groups attached to an aromatic ring is 1. The Labute approximate surface area is 114 Å². The summed E-state index contributed by atoms with van der Waals surface area (Å²) in [5.74, 6) is 5.57. The minimum Gasteiger partial charge on any atom is -0.434 e. The maximum absolute atomic E-state index is 11.1. The molecule has 3 N–H and O–H groups in total. The van der Waals surface area contributed by atoms with Crippen LogP contribution in [0.2, 0.25) is 0 Å². The van der Waals surface area contributed by atoms with Gasteiger partial charge in [0.2, 0.25) is 5.95 Å². The number of nitro groups is 1. The molecule has 0 atom stereocenters. The van der Waals surface area contributed by atoms with Gasteiger partial charge in [-0.3, -0.25) is 15.5 Å². The van der Waals surface area contributed by atoms with Crippen LogP contribution in [0.3, 0.4) is 0 Å². The van der Waals surface area contributed by atoms with Crippen molar-refractivity contribution < 1.29 is 9.66 Å². The summed E-state index contributed by atoms with van der Waals surface area (Å²) >= 11 is 0. The van der Waals surface area contributed by atoms with E-state index in [2.05, 4.69) is 15.4 Å². The molecule has 8 nitrogen and oxygen atoms in total. The Morgan fingerprint density at radius 3 is 2.45 bits per heavy atom. The van der Waals surface area contributed by atoms with E-state index in [-0.39, 0.29) is 23.2 Å². The van der Waals surface area contributed by atoms with Crippen molar-refractivity contribution in [3.63, 3.8) is 0 Å². The first kappa shape index (κ1) is 13.7. The summed E-state index contributed by atoms with van der Waals surface area (Å²) < 4.78 is 5.46. The molecule has 0 saturated carbocycles. The topological polar surface area (TPSA) is 116 Å². The number of benzene rings is 1. The lowest BCUT2D eigenvalue weighted by molar-refractivity contribution is -0.386. The number of nitrogens with zero attached hydrogens (tertiary/aromatic N) is 3. The first-order chi connectivity index (χ1) is 9.51. The van der Waals surface area contributed by atoms with Gasteiger partial charge in [-0.1, -0.05) is 17.7 Å². The summed E-state index contributed by atoms with van der Waals surface area (Å²) in [4.78, 5) is 18.2. The van der Waals surface area contributed by atoms with E-state index in [1.54, 1.807) is 12.1 Å². The molecular weight excluding hydrogens is 262 g/mol. The van der Waals surface area contributed by atoms with E-state index >= 15 is 0 Å². The highest BCUT2D eigenvalue weighted by Gasteiger charge is 2.24. The van der Waals surface area contributed by atoms with E-state index in [0.29, 0.717) is 5.75 Å². The van der Waals surface area contributed by atoms with Crippen LogP contribution in [0.5, 0.6) is 11.6 Å². The summed E-state index contributed by atoms with van der Waals surface area (Å²) in [6.45, 7) is 3.42. The molecule has 2 rings (SSSR count). The van der Waals surface area contributed by atoms with Crippen LogP contribution in [-0.2, 0) is 0 Å². The number of nitrogens with two attached hydrogens (primary N) is 1. The third-order valence-corrected chi connectivity index (χ3v) is 2.57. The van der Waals surface area contributed by atoms with Crippen LogP contribution in [0, 0.1) is 24.0 Å². The van der Waals surface area contributed by atoms with Crippen molar-refractivity contribution >= 4 is 11.6 Å². The minimum absolute atomic E-state index is 0.0511. The lowest BCUT2D eigenvalue weighted by Gasteiger charge is -2.08. The monoisotopic (exact) mass is 275 g/mol. The molecule has 1 aromatic heterocycles. The molecule has 0 aliphatic carbocycles. The largest absolute Gasteiger partial charge is 0.434 e. The second-order valence-corrected chi connectivity index (χ2v) is 4.10. The maximum atomic E-state index is 11.1. The van der Waals surface area contributed by atoms with Gasteiger partial charge in [-0.2, -0.15) is 4.98 Å². The fourth-order valence-electron chi connectivity index (χ4n) is 1.60. The Hall–Kier alpha value is -2.74. The lowest BCUT2D eigenvalue weighted by atomic mass is 10.2. The first-order valence-corrected chi connectivity index (χ1v) is 5.75. The van der Waals surface area contributed by atoms with Crippen LogP contribution in [0.4, 0.5) is 11.6 Å². The van der Waals surface area contributed by atoms with E-state index in [0.717, 1.165) is 5.56 Å². The first-order valence-electron chi connectivity index (χ1n) is 5.75. The average Bonchev–Trinajstić information content (AvgIpc) is 2.40. The standard InChI is InChI=1S/C12H13N5O3/c1-7-3-5-9(6-4-7)20-11-10(17(18)19)8(2)14-12(15-11)16-13/h3-6H,13H2,1-2H3,(H,14,15,16). The maximum Gasteiger partial charge on any atom is 0.352 e. The number of anilines is 1. The number of rotatable bonds is 4. The zero-order chi connectivity index (χ0) is 14.7. The average molecular weight is 275 g/mol. The summed E-state index contributed by atoms with van der Waals surface area (Å²) in [5, 5.41) is 11.1. The van der Waals surface area contributed by atoms with Crippen molar-refractivity contribution in [2.75, 3.05) is 5.43 Å². The van der Waals surface area contributed by atoms with Crippen molar-refractivity contribution in [2.45, 2.75) is 13.8 Å². The molecule has 0 radical (unpaired) electrons. The van der Waals surface area contributed by atoms with E-state index in [1.807, 2.05) is 19.1 Å². The second kappa shape index (κ2) is 5.49. The molecule has 20 heavy (non-hydrogen) atoms. The molecule has 0 unspecified atom stereocenters. The smallest absolute Gasteiger partial charge is 0.352 e. The second-order valence-electron chi connectivity index (χ2n) is 4.10. The number of aryl methyl sites for hydroxylation is 2. The Bertz CT molecular complexity index is 642. The molecule has 0 fully saturated rings. The van der Waals surface area contributed by atoms with Crippen molar-refractivity contribution in [1.29, 1.82) is 0 Å². The molecule has 104 valence electrons. The molecule has 0 spiro atoms. The van der Waals surface area contributed by atoms with Crippen LogP contribution in [0.25, 0.3) is 0 Å². The molecule has 0 bridgehead atoms. The van der Waals surface area contributed by atoms with Gasteiger partial charge in [0, 0.05) is 0 Å². The zero-order valence-corrected chi connectivity index (χ0v) is 11.0. The fraction of sp³-hybridized carbons (Fsp3) is 0.167. The van der Waals surface area contributed by atoms with Gasteiger partial charge >= 0.3 is 11.6 Å². The molecule has 8 heteroatoms. The van der Waals surface area contributed by atoms with Gasteiger partial charge in [0.25, 0.3) is 0 Å². The van der Waals surface area contributed by atoms with Crippen LogP contribution in [0.1, 0.15) is 11.3 Å². The van der Waals surface area contributed by atoms with Gasteiger partial charge < -0.3 is 4.74 Å². The molecular formula is C12H13N5O3. The highest BCUT2D eigenvalue weighted by atomic mass is 16.6. The number of hydrazine groups is 1. The normalized spacial score (nSPS) is 10.2. The van der Waals surface area contributed by atoms with Crippen molar-refractivity contribution in [3.8, 4) is 11.6 Å². The van der Waals surface area contributed by atoms with Crippen LogP contribution in [-0.4, -0.2) is 14.9 Å². The van der Waals surface area contributed by atoms with Gasteiger partial charge in [0.1, 0.15) is 11.4 Å². The molecule has 1 aromatic carbocycles. The van der Waals surface area contributed by atoms with Gasteiger partial charge in [-0.05, 0) is 26.0 Å². The van der Waals surface area contributed by atoms with Crippen LogP contribution in [0.15, 0.2) is 24.3 Å². The van der Waals surface area contributed by atoms with Gasteiger partial charge in [-0.25, -0.2) is 10.8 Å². The number of hydrogen-bond acceptors (Lipinski definition) is 7.